The Kier molecular flexibility index (Phi) is 24.1. The molecular weight excluding hydrogens is 226 g/mol. The van der Waals surface area contributed by atoms with Crippen molar-refractivity contribution in [3.63, 3.8) is 0 Å². The van der Waals surface area contributed by atoms with Crippen LogP contribution in [0.4, 0.5) is 0 Å². The van der Waals surface area contributed by atoms with Gasteiger partial charge in [0.15, 0.2) is 12.1 Å². The molecule has 0 aromatic heterocycles. The van der Waals surface area contributed by atoms with Crippen LogP contribution in [0, 0.1) is 22.7 Å². The minimum absolute atomic E-state index is 0. The third-order valence-corrected chi connectivity index (χ3v) is 1.22. The zero-order chi connectivity index (χ0) is 11.9. The van der Waals surface area contributed by atoms with Crippen molar-refractivity contribution in [1.29, 1.82) is 10.5 Å². The van der Waals surface area contributed by atoms with Crippen molar-refractivity contribution in [2.45, 2.75) is 13.3 Å². The third-order valence-electron chi connectivity index (χ3n) is 1.22. The average molecular weight is 244 g/mol. The highest BCUT2D eigenvalue weighted by Crippen LogP contribution is 1.82. The molecule has 16 heavy (non-hydrogen) atoms. The predicted octanol–water partition coefficient (Wildman–Crippen LogP) is 1.59. The summed E-state index contributed by atoms with van der Waals surface area (Å²) in [5.74, 6) is 0. The van der Waals surface area contributed by atoms with E-state index in [0.717, 1.165) is 26.1 Å². The summed E-state index contributed by atoms with van der Waals surface area (Å²) in [6.07, 6.45) is 1.08. The summed E-state index contributed by atoms with van der Waals surface area (Å²) in [4.78, 5) is 9.99. The van der Waals surface area contributed by atoms with Crippen molar-refractivity contribution in [3.8, 4) is 12.1 Å². The number of hydrogen-bond donors (Lipinski definition) is 0. The Morgan fingerprint density at radius 1 is 1.12 bits per heavy atom. The first-order chi connectivity index (χ1) is 7.18. The third kappa shape index (κ3) is 29.4. The molecule has 0 bridgehead atoms. The minimum Gasteiger partial charge on any atom is -0.309 e. The van der Waals surface area contributed by atoms with Gasteiger partial charge in [-0.15, -0.1) is 12.4 Å². The molecular formula is C10H18ClN5. The van der Waals surface area contributed by atoms with Gasteiger partial charge in [0, 0.05) is 6.54 Å². The fourth-order valence-corrected chi connectivity index (χ4v) is 0.637. The van der Waals surface area contributed by atoms with Gasteiger partial charge >= 0.3 is 0 Å². The van der Waals surface area contributed by atoms with Gasteiger partial charge in [-0.2, -0.15) is 10.5 Å². The van der Waals surface area contributed by atoms with Crippen molar-refractivity contribution < 1.29 is 0 Å². The lowest BCUT2D eigenvalue weighted by molar-refractivity contribution is 0.403. The molecule has 0 heterocycles. The molecule has 6 heteroatoms. The summed E-state index contributed by atoms with van der Waals surface area (Å²) in [5.41, 5.74) is 0. The molecule has 0 fully saturated rings. The standard InChI is InChI=1S/C8H17N3.C2N2.ClH/c1-4-9-8-10-6-5-7-11(2)3;3-1-2-4;/h4-7H2,1-3H3;;1H. The number of nitriles is 2. The van der Waals surface area contributed by atoms with E-state index in [0.29, 0.717) is 0 Å². The second kappa shape index (κ2) is 19.2. The molecule has 0 saturated heterocycles. The second-order valence-electron chi connectivity index (χ2n) is 2.84. The van der Waals surface area contributed by atoms with E-state index in [4.69, 9.17) is 10.5 Å². The lowest BCUT2D eigenvalue weighted by Gasteiger charge is -2.05. The topological polar surface area (TPSA) is 75.5 Å². The number of rotatable bonds is 5. The van der Waals surface area contributed by atoms with Gasteiger partial charge in [0.25, 0.3) is 0 Å². The summed E-state index contributed by atoms with van der Waals surface area (Å²) in [6, 6.07) is 5.11. The predicted molar refractivity (Wildman–Crippen MR) is 66.9 cm³/mol. The summed E-state index contributed by atoms with van der Waals surface area (Å²) in [5, 5.41) is 14.5. The van der Waals surface area contributed by atoms with Crippen LogP contribution < -0.4 is 0 Å². The van der Waals surface area contributed by atoms with Crippen molar-refractivity contribution in [3.05, 3.63) is 0 Å². The number of aliphatic imine (C=N–C) groups is 2. The Morgan fingerprint density at radius 2 is 1.69 bits per heavy atom. The van der Waals surface area contributed by atoms with Crippen molar-refractivity contribution in [2.75, 3.05) is 33.7 Å². The Morgan fingerprint density at radius 3 is 2.06 bits per heavy atom. The van der Waals surface area contributed by atoms with Crippen LogP contribution in [-0.4, -0.2) is 44.6 Å². The van der Waals surface area contributed by atoms with Gasteiger partial charge in [-0.1, -0.05) is 0 Å². The van der Waals surface area contributed by atoms with E-state index in [1.807, 2.05) is 6.92 Å². The molecule has 0 aromatic rings. The van der Waals surface area contributed by atoms with Gasteiger partial charge in [0.1, 0.15) is 0 Å². The summed E-state index contributed by atoms with van der Waals surface area (Å²) in [6.45, 7) is 4.67. The van der Waals surface area contributed by atoms with Gasteiger partial charge < -0.3 is 4.90 Å². The van der Waals surface area contributed by atoms with Crippen LogP contribution in [0.2, 0.25) is 0 Å². The smallest absolute Gasteiger partial charge is 0.181 e. The zero-order valence-corrected chi connectivity index (χ0v) is 10.8. The summed E-state index contributed by atoms with van der Waals surface area (Å²) >= 11 is 0. The molecule has 0 spiro atoms. The van der Waals surface area contributed by atoms with E-state index in [-0.39, 0.29) is 12.4 Å². The van der Waals surface area contributed by atoms with Gasteiger partial charge in [-0.3, -0.25) is 0 Å². The maximum atomic E-state index is 7.26. The van der Waals surface area contributed by atoms with Crippen molar-refractivity contribution in [2.24, 2.45) is 9.98 Å². The second-order valence-corrected chi connectivity index (χ2v) is 2.84. The first kappa shape index (κ1) is 20.1. The molecule has 0 aliphatic heterocycles. The maximum Gasteiger partial charge on any atom is 0.181 e. The fourth-order valence-electron chi connectivity index (χ4n) is 0.637. The van der Waals surface area contributed by atoms with Crippen LogP contribution in [0.1, 0.15) is 13.3 Å². The normalized spacial score (nSPS) is 7.12. The molecule has 0 unspecified atom stereocenters. The Balaban J connectivity index is -0.000000292. The number of nitrogens with zero attached hydrogens (tertiary/aromatic N) is 5. The van der Waals surface area contributed by atoms with Crippen LogP contribution in [0.5, 0.6) is 0 Å². The van der Waals surface area contributed by atoms with Crippen molar-refractivity contribution >= 4 is 18.4 Å². The highest BCUT2D eigenvalue weighted by atomic mass is 35.5. The molecule has 5 nitrogen and oxygen atoms in total. The molecule has 0 N–H and O–H groups in total. The fraction of sp³-hybridized carbons (Fsp3) is 0.700. The SMILES string of the molecule is CCN=C=NCCCN(C)C.Cl.N#CC#N. The van der Waals surface area contributed by atoms with Crippen LogP contribution in [0.25, 0.3) is 0 Å². The van der Waals surface area contributed by atoms with Gasteiger partial charge in [-0.25, -0.2) is 9.98 Å². The van der Waals surface area contributed by atoms with E-state index in [1.165, 1.54) is 12.1 Å². The largest absolute Gasteiger partial charge is 0.309 e. The van der Waals surface area contributed by atoms with Gasteiger partial charge in [0.05, 0.1) is 12.6 Å². The molecule has 0 atom stereocenters. The number of halogens is 1. The van der Waals surface area contributed by atoms with Crippen LogP contribution in [0.15, 0.2) is 9.98 Å². The lowest BCUT2D eigenvalue weighted by atomic mass is 10.4. The molecule has 0 aromatic carbocycles. The lowest BCUT2D eigenvalue weighted by Crippen LogP contribution is -2.13. The highest BCUT2D eigenvalue weighted by Gasteiger charge is 1.86. The van der Waals surface area contributed by atoms with Crippen LogP contribution in [-0.2, 0) is 0 Å². The van der Waals surface area contributed by atoms with E-state index >= 15 is 0 Å². The molecule has 0 amide bonds. The molecule has 0 aliphatic rings. The first-order valence-electron chi connectivity index (χ1n) is 4.69. The van der Waals surface area contributed by atoms with Gasteiger partial charge in [-0.05, 0) is 34.0 Å². The van der Waals surface area contributed by atoms with Gasteiger partial charge in [0.2, 0.25) is 0 Å². The van der Waals surface area contributed by atoms with E-state index in [2.05, 4.69) is 35.0 Å². The quantitative estimate of drug-likeness (QED) is 0.544. The molecule has 90 valence electrons. The van der Waals surface area contributed by atoms with E-state index in [9.17, 15) is 0 Å². The zero-order valence-electron chi connectivity index (χ0n) is 9.97. The Hall–Kier alpha value is -1.39. The molecule has 0 rings (SSSR count). The minimum atomic E-state index is 0. The number of hydrogen-bond acceptors (Lipinski definition) is 5. The van der Waals surface area contributed by atoms with Crippen molar-refractivity contribution in [1.82, 2.24) is 4.90 Å². The van der Waals surface area contributed by atoms with Crippen LogP contribution in [0.3, 0.4) is 0 Å². The van der Waals surface area contributed by atoms with E-state index < -0.39 is 0 Å². The average Bonchev–Trinajstić information content (AvgIpc) is 2.23. The highest BCUT2D eigenvalue weighted by molar-refractivity contribution is 5.85. The monoisotopic (exact) mass is 243 g/mol. The maximum absolute atomic E-state index is 7.26. The Labute approximate surface area is 104 Å². The molecule has 0 radical (unpaired) electrons. The van der Waals surface area contributed by atoms with E-state index in [1.54, 1.807) is 0 Å². The Bertz CT molecular complexity index is 256. The molecule has 0 aliphatic carbocycles. The summed E-state index contributed by atoms with van der Waals surface area (Å²) in [7, 11) is 4.12. The first-order valence-corrected chi connectivity index (χ1v) is 4.69. The summed E-state index contributed by atoms with van der Waals surface area (Å²) < 4.78 is 0. The van der Waals surface area contributed by atoms with Crippen LogP contribution >= 0.6 is 12.4 Å². The molecule has 0 saturated carbocycles.